The molecule has 6 heteroatoms. The monoisotopic (exact) mass is 574 g/mol. The van der Waals surface area contributed by atoms with Crippen molar-refractivity contribution in [2.24, 2.45) is 0 Å². The lowest BCUT2D eigenvalue weighted by molar-refractivity contribution is 0.177. The van der Waals surface area contributed by atoms with Crippen LogP contribution in [0.4, 0.5) is 0 Å². The van der Waals surface area contributed by atoms with Crippen LogP contribution in [0.3, 0.4) is 0 Å². The Kier molecular flexibility index (Phi) is 12.7. The Morgan fingerprint density at radius 1 is 0.452 bits per heavy atom. The van der Waals surface area contributed by atoms with Gasteiger partial charge < -0.3 is 28.4 Å². The van der Waals surface area contributed by atoms with E-state index in [1.165, 1.54) is 0 Å². The van der Waals surface area contributed by atoms with Crippen molar-refractivity contribution in [1.29, 1.82) is 0 Å². The highest BCUT2D eigenvalue weighted by molar-refractivity contribution is 5.75. The van der Waals surface area contributed by atoms with Gasteiger partial charge >= 0.3 is 0 Å². The Labute approximate surface area is 251 Å². The SMILES string of the molecule is CCC(CC)Oc1c(OC)cc(C=Cc2ccc(C=Cc3cc(OC)c(OC(CC)CC)c(OC)c3)cc2)cc1OC. The van der Waals surface area contributed by atoms with Gasteiger partial charge in [0.05, 0.1) is 40.6 Å². The summed E-state index contributed by atoms with van der Waals surface area (Å²) in [6.07, 6.45) is 12.1. The maximum Gasteiger partial charge on any atom is 0.203 e. The van der Waals surface area contributed by atoms with Crippen LogP contribution in [0.1, 0.15) is 75.6 Å². The average molecular weight is 575 g/mol. The van der Waals surface area contributed by atoms with Gasteiger partial charge in [0, 0.05) is 0 Å². The fraction of sp³-hybridized carbons (Fsp3) is 0.389. The van der Waals surface area contributed by atoms with E-state index in [9.17, 15) is 0 Å². The standard InChI is InChI=1S/C36H46O6/c1-9-29(10-2)41-35-31(37-5)21-27(22-32(35)38-6)19-17-25-13-15-26(16-14-25)18-20-28-23-33(39-7)36(34(24-28)40-8)42-30(11-3)12-4/h13-24,29-30H,9-12H2,1-8H3. The van der Waals surface area contributed by atoms with E-state index in [1.807, 2.05) is 36.4 Å². The van der Waals surface area contributed by atoms with Crippen molar-refractivity contribution in [2.75, 3.05) is 28.4 Å². The first kappa shape index (κ1) is 32.5. The number of methoxy groups -OCH3 is 4. The maximum absolute atomic E-state index is 6.20. The van der Waals surface area contributed by atoms with Gasteiger partial charge in [-0.15, -0.1) is 0 Å². The lowest BCUT2D eigenvalue weighted by Gasteiger charge is -2.20. The molecule has 0 atom stereocenters. The number of benzene rings is 3. The predicted molar refractivity (Wildman–Crippen MR) is 173 cm³/mol. The van der Waals surface area contributed by atoms with Crippen LogP contribution < -0.4 is 28.4 Å². The van der Waals surface area contributed by atoms with Crippen molar-refractivity contribution in [3.05, 3.63) is 70.8 Å². The molecule has 0 heterocycles. The molecular formula is C36H46O6. The second-order valence-electron chi connectivity index (χ2n) is 9.96. The van der Waals surface area contributed by atoms with Crippen LogP contribution in [0, 0.1) is 0 Å². The van der Waals surface area contributed by atoms with E-state index in [0.29, 0.717) is 34.5 Å². The molecule has 0 aliphatic heterocycles. The van der Waals surface area contributed by atoms with Crippen LogP contribution in [0.2, 0.25) is 0 Å². The van der Waals surface area contributed by atoms with Gasteiger partial charge in [-0.05, 0) is 72.2 Å². The third-order valence-electron chi connectivity index (χ3n) is 7.23. The van der Waals surface area contributed by atoms with Crippen molar-refractivity contribution < 1.29 is 28.4 Å². The molecule has 3 rings (SSSR count). The first-order chi connectivity index (χ1) is 20.4. The van der Waals surface area contributed by atoms with Gasteiger partial charge in [0.2, 0.25) is 11.5 Å². The number of hydrogen-bond donors (Lipinski definition) is 0. The van der Waals surface area contributed by atoms with Crippen LogP contribution in [0.15, 0.2) is 48.5 Å². The molecule has 3 aromatic carbocycles. The molecule has 0 saturated carbocycles. The molecule has 0 aromatic heterocycles. The van der Waals surface area contributed by atoms with Gasteiger partial charge in [0.1, 0.15) is 0 Å². The first-order valence-electron chi connectivity index (χ1n) is 14.7. The summed E-state index contributed by atoms with van der Waals surface area (Å²) < 4.78 is 35.0. The fourth-order valence-corrected chi connectivity index (χ4v) is 4.57. The van der Waals surface area contributed by atoms with E-state index < -0.39 is 0 Å². The second-order valence-corrected chi connectivity index (χ2v) is 9.96. The molecular weight excluding hydrogens is 528 g/mol. The minimum atomic E-state index is 0.110. The van der Waals surface area contributed by atoms with Crippen molar-refractivity contribution >= 4 is 24.3 Å². The Morgan fingerprint density at radius 2 is 0.714 bits per heavy atom. The molecule has 226 valence electrons. The lowest BCUT2D eigenvalue weighted by atomic mass is 10.1. The molecule has 3 aromatic rings. The summed E-state index contributed by atoms with van der Waals surface area (Å²) in [7, 11) is 6.60. The number of hydrogen-bond acceptors (Lipinski definition) is 6. The summed E-state index contributed by atoms with van der Waals surface area (Å²) in [6.45, 7) is 8.45. The summed E-state index contributed by atoms with van der Waals surface area (Å²) >= 11 is 0. The highest BCUT2D eigenvalue weighted by Gasteiger charge is 2.18. The molecule has 0 bridgehead atoms. The summed E-state index contributed by atoms with van der Waals surface area (Å²) in [5.74, 6) is 3.92. The predicted octanol–water partition coefficient (Wildman–Crippen LogP) is 9.20. The summed E-state index contributed by atoms with van der Waals surface area (Å²) in [5.41, 5.74) is 4.08. The maximum atomic E-state index is 6.20. The Balaban J connectivity index is 1.77. The van der Waals surface area contributed by atoms with E-state index in [4.69, 9.17) is 28.4 Å². The number of rotatable bonds is 16. The molecule has 0 amide bonds. The third kappa shape index (κ3) is 8.48. The van der Waals surface area contributed by atoms with Gasteiger partial charge in [0.25, 0.3) is 0 Å². The summed E-state index contributed by atoms with van der Waals surface area (Å²) in [4.78, 5) is 0. The van der Waals surface area contributed by atoms with Gasteiger partial charge in [-0.2, -0.15) is 0 Å². The van der Waals surface area contributed by atoms with E-state index >= 15 is 0 Å². The molecule has 0 unspecified atom stereocenters. The van der Waals surface area contributed by atoms with Crippen LogP contribution >= 0.6 is 0 Å². The van der Waals surface area contributed by atoms with Crippen molar-refractivity contribution in [3.63, 3.8) is 0 Å². The molecule has 0 saturated heterocycles. The minimum absolute atomic E-state index is 0.110. The molecule has 0 N–H and O–H groups in total. The summed E-state index contributed by atoms with van der Waals surface area (Å²) in [5, 5.41) is 0. The zero-order valence-electron chi connectivity index (χ0n) is 26.4. The highest BCUT2D eigenvalue weighted by Crippen LogP contribution is 2.41. The molecule has 6 nitrogen and oxygen atoms in total. The normalized spacial score (nSPS) is 11.5. The van der Waals surface area contributed by atoms with E-state index in [1.54, 1.807) is 28.4 Å². The second kappa shape index (κ2) is 16.4. The molecule has 0 spiro atoms. The minimum Gasteiger partial charge on any atom is -0.493 e. The van der Waals surface area contributed by atoms with Crippen molar-refractivity contribution in [1.82, 2.24) is 0 Å². The zero-order chi connectivity index (χ0) is 30.5. The lowest BCUT2D eigenvalue weighted by Crippen LogP contribution is -2.15. The largest absolute Gasteiger partial charge is 0.493 e. The van der Waals surface area contributed by atoms with Crippen LogP contribution in [0.5, 0.6) is 34.5 Å². The Hall–Kier alpha value is -4.06. The first-order valence-corrected chi connectivity index (χ1v) is 14.7. The van der Waals surface area contributed by atoms with Gasteiger partial charge in [0.15, 0.2) is 23.0 Å². The van der Waals surface area contributed by atoms with Crippen molar-refractivity contribution in [3.8, 4) is 34.5 Å². The van der Waals surface area contributed by atoms with E-state index in [0.717, 1.165) is 47.9 Å². The Bertz CT molecular complexity index is 1160. The van der Waals surface area contributed by atoms with Crippen molar-refractivity contribution in [2.45, 2.75) is 65.6 Å². The fourth-order valence-electron chi connectivity index (χ4n) is 4.57. The van der Waals surface area contributed by atoms with Crippen LogP contribution in [0.25, 0.3) is 24.3 Å². The molecule has 0 radical (unpaired) electrons. The van der Waals surface area contributed by atoms with Gasteiger partial charge in [-0.1, -0.05) is 76.3 Å². The van der Waals surface area contributed by atoms with Crippen LogP contribution in [-0.2, 0) is 0 Å². The van der Waals surface area contributed by atoms with E-state index in [2.05, 4.69) is 64.1 Å². The molecule has 0 aliphatic rings. The zero-order valence-corrected chi connectivity index (χ0v) is 26.4. The molecule has 0 fully saturated rings. The summed E-state index contributed by atoms with van der Waals surface area (Å²) in [6, 6.07) is 16.2. The Morgan fingerprint density at radius 3 is 0.952 bits per heavy atom. The highest BCUT2D eigenvalue weighted by atomic mass is 16.5. The van der Waals surface area contributed by atoms with E-state index in [-0.39, 0.29) is 12.2 Å². The van der Waals surface area contributed by atoms with Gasteiger partial charge in [-0.3, -0.25) is 0 Å². The third-order valence-corrected chi connectivity index (χ3v) is 7.23. The van der Waals surface area contributed by atoms with Gasteiger partial charge in [-0.25, -0.2) is 0 Å². The molecule has 42 heavy (non-hydrogen) atoms. The quantitative estimate of drug-likeness (QED) is 0.159. The number of ether oxygens (including phenoxy) is 6. The average Bonchev–Trinajstić information content (AvgIpc) is 3.04. The smallest absolute Gasteiger partial charge is 0.203 e. The van der Waals surface area contributed by atoms with Crippen LogP contribution in [-0.4, -0.2) is 40.6 Å². The topological polar surface area (TPSA) is 55.4 Å². The molecule has 0 aliphatic carbocycles.